The summed E-state index contributed by atoms with van der Waals surface area (Å²) in [5.41, 5.74) is 1.53. The van der Waals surface area contributed by atoms with Gasteiger partial charge < -0.3 is 14.8 Å². The predicted molar refractivity (Wildman–Crippen MR) is 67.3 cm³/mol. The van der Waals surface area contributed by atoms with Crippen molar-refractivity contribution in [3.8, 4) is 11.5 Å². The average molecular weight is 235 g/mol. The molecule has 1 aromatic rings. The van der Waals surface area contributed by atoms with Crippen LogP contribution in [0.3, 0.4) is 0 Å². The van der Waals surface area contributed by atoms with Gasteiger partial charge in [0.25, 0.3) is 0 Å². The summed E-state index contributed by atoms with van der Waals surface area (Å²) in [7, 11) is 4.77. The summed E-state index contributed by atoms with van der Waals surface area (Å²) < 4.78 is 10.3. The van der Waals surface area contributed by atoms with Gasteiger partial charge in [0.2, 0.25) is 5.91 Å². The molecular formula is C13H17NO3. The molecule has 1 rings (SSSR count). The van der Waals surface area contributed by atoms with Crippen LogP contribution in [0.4, 0.5) is 0 Å². The van der Waals surface area contributed by atoms with Gasteiger partial charge >= 0.3 is 0 Å². The Hall–Kier alpha value is -1.97. The molecule has 0 saturated carbocycles. The van der Waals surface area contributed by atoms with Crippen LogP contribution >= 0.6 is 0 Å². The Morgan fingerprint density at radius 1 is 1.24 bits per heavy atom. The first-order valence-corrected chi connectivity index (χ1v) is 5.24. The molecule has 92 valence electrons. The standard InChI is InChI=1S/C13H17NO3/c1-9(13(15)14-2)7-10-5-6-11(16-3)12(8-10)17-4/h5-8H,1-4H3,(H,14,15)/b9-7+. The molecule has 4 heteroatoms. The Morgan fingerprint density at radius 3 is 2.41 bits per heavy atom. The number of nitrogens with one attached hydrogen (secondary N) is 1. The molecule has 0 aliphatic rings. The lowest BCUT2D eigenvalue weighted by molar-refractivity contribution is -0.116. The third kappa shape index (κ3) is 3.24. The SMILES string of the molecule is CNC(=O)/C(C)=C/c1ccc(OC)c(OC)c1. The first kappa shape index (κ1) is 13.1. The number of methoxy groups -OCH3 is 2. The highest BCUT2D eigenvalue weighted by atomic mass is 16.5. The Balaban J connectivity index is 3.04. The molecule has 4 nitrogen and oxygen atoms in total. The van der Waals surface area contributed by atoms with Gasteiger partial charge in [-0.2, -0.15) is 0 Å². The number of amides is 1. The number of carbonyl (C=O) groups excluding carboxylic acids is 1. The van der Waals surface area contributed by atoms with Gasteiger partial charge in [-0.3, -0.25) is 4.79 Å². The Bertz CT molecular complexity index is 438. The molecule has 0 radical (unpaired) electrons. The van der Waals surface area contributed by atoms with E-state index >= 15 is 0 Å². The largest absolute Gasteiger partial charge is 0.493 e. The summed E-state index contributed by atoms with van der Waals surface area (Å²) in [5.74, 6) is 1.22. The summed E-state index contributed by atoms with van der Waals surface area (Å²) >= 11 is 0. The fraction of sp³-hybridized carbons (Fsp3) is 0.308. The molecule has 17 heavy (non-hydrogen) atoms. The zero-order chi connectivity index (χ0) is 12.8. The van der Waals surface area contributed by atoms with E-state index in [4.69, 9.17) is 9.47 Å². The molecule has 0 spiro atoms. The molecule has 0 unspecified atom stereocenters. The molecule has 0 aromatic heterocycles. The van der Waals surface area contributed by atoms with E-state index in [1.807, 2.05) is 18.2 Å². The van der Waals surface area contributed by atoms with E-state index in [0.717, 1.165) is 5.56 Å². The van der Waals surface area contributed by atoms with Crippen molar-refractivity contribution >= 4 is 12.0 Å². The van der Waals surface area contributed by atoms with Crippen LogP contribution in [0, 0.1) is 0 Å². The fourth-order valence-electron chi connectivity index (χ4n) is 1.46. The van der Waals surface area contributed by atoms with Crippen molar-refractivity contribution in [3.05, 3.63) is 29.3 Å². The van der Waals surface area contributed by atoms with E-state index in [-0.39, 0.29) is 5.91 Å². The van der Waals surface area contributed by atoms with E-state index in [1.165, 1.54) is 0 Å². The van der Waals surface area contributed by atoms with Gasteiger partial charge in [-0.05, 0) is 30.7 Å². The smallest absolute Gasteiger partial charge is 0.246 e. The molecule has 0 aliphatic carbocycles. The molecule has 0 atom stereocenters. The Morgan fingerprint density at radius 2 is 1.88 bits per heavy atom. The highest BCUT2D eigenvalue weighted by Crippen LogP contribution is 2.28. The number of carbonyl (C=O) groups is 1. The van der Waals surface area contributed by atoms with Gasteiger partial charge in [0.05, 0.1) is 14.2 Å². The zero-order valence-electron chi connectivity index (χ0n) is 10.5. The maximum absolute atomic E-state index is 11.4. The number of hydrogen-bond acceptors (Lipinski definition) is 3. The highest BCUT2D eigenvalue weighted by Gasteiger charge is 2.05. The molecule has 1 aromatic carbocycles. The van der Waals surface area contributed by atoms with E-state index in [1.54, 1.807) is 34.3 Å². The summed E-state index contributed by atoms with van der Waals surface area (Å²) in [6, 6.07) is 5.50. The predicted octanol–water partition coefficient (Wildman–Crippen LogP) is 1.85. The van der Waals surface area contributed by atoms with Crippen molar-refractivity contribution in [2.24, 2.45) is 0 Å². The van der Waals surface area contributed by atoms with Crippen LogP contribution in [-0.4, -0.2) is 27.2 Å². The van der Waals surface area contributed by atoms with Crippen LogP contribution in [0.5, 0.6) is 11.5 Å². The molecular weight excluding hydrogens is 218 g/mol. The summed E-state index contributed by atoms with van der Waals surface area (Å²) in [5, 5.41) is 2.57. The number of benzene rings is 1. The van der Waals surface area contributed by atoms with Crippen molar-refractivity contribution in [3.63, 3.8) is 0 Å². The molecule has 0 fully saturated rings. The lowest BCUT2D eigenvalue weighted by Gasteiger charge is -2.08. The monoisotopic (exact) mass is 235 g/mol. The van der Waals surface area contributed by atoms with Crippen molar-refractivity contribution in [1.29, 1.82) is 0 Å². The second-order valence-corrected chi connectivity index (χ2v) is 3.52. The molecule has 0 saturated heterocycles. The van der Waals surface area contributed by atoms with Crippen LogP contribution < -0.4 is 14.8 Å². The maximum atomic E-state index is 11.4. The van der Waals surface area contributed by atoms with Crippen LogP contribution in [0.25, 0.3) is 6.08 Å². The fourth-order valence-corrected chi connectivity index (χ4v) is 1.46. The van der Waals surface area contributed by atoms with Gasteiger partial charge in [0.1, 0.15) is 0 Å². The van der Waals surface area contributed by atoms with E-state index in [0.29, 0.717) is 17.1 Å². The average Bonchev–Trinajstić information content (AvgIpc) is 2.37. The van der Waals surface area contributed by atoms with Gasteiger partial charge in [0, 0.05) is 12.6 Å². The topological polar surface area (TPSA) is 47.6 Å². The molecule has 1 N–H and O–H groups in total. The third-order valence-electron chi connectivity index (χ3n) is 2.38. The minimum atomic E-state index is -0.0974. The number of hydrogen-bond donors (Lipinski definition) is 1. The minimum absolute atomic E-state index is 0.0974. The normalized spacial score (nSPS) is 10.9. The number of ether oxygens (including phenoxy) is 2. The minimum Gasteiger partial charge on any atom is -0.493 e. The molecule has 0 heterocycles. The molecule has 1 amide bonds. The molecule has 0 bridgehead atoms. The first-order valence-electron chi connectivity index (χ1n) is 5.24. The van der Waals surface area contributed by atoms with Crippen LogP contribution in [-0.2, 0) is 4.79 Å². The van der Waals surface area contributed by atoms with Gasteiger partial charge in [-0.25, -0.2) is 0 Å². The Kier molecular flexibility index (Phi) is 4.57. The lowest BCUT2D eigenvalue weighted by Crippen LogP contribution is -2.18. The first-order chi connectivity index (χ1) is 8.12. The second kappa shape index (κ2) is 5.94. The van der Waals surface area contributed by atoms with E-state index < -0.39 is 0 Å². The number of likely N-dealkylation sites (N-methyl/N-ethyl adjacent to an activating group) is 1. The van der Waals surface area contributed by atoms with Crippen LogP contribution in [0.15, 0.2) is 23.8 Å². The van der Waals surface area contributed by atoms with E-state index in [2.05, 4.69) is 5.32 Å². The second-order valence-electron chi connectivity index (χ2n) is 3.52. The summed E-state index contributed by atoms with van der Waals surface area (Å²) in [4.78, 5) is 11.4. The van der Waals surface area contributed by atoms with Gasteiger partial charge in [-0.15, -0.1) is 0 Å². The molecule has 0 aliphatic heterocycles. The van der Waals surface area contributed by atoms with Crippen molar-refractivity contribution in [2.45, 2.75) is 6.92 Å². The highest BCUT2D eigenvalue weighted by molar-refractivity contribution is 5.97. The quantitative estimate of drug-likeness (QED) is 0.810. The van der Waals surface area contributed by atoms with Crippen molar-refractivity contribution in [2.75, 3.05) is 21.3 Å². The van der Waals surface area contributed by atoms with E-state index in [9.17, 15) is 4.79 Å². The van der Waals surface area contributed by atoms with Crippen molar-refractivity contribution in [1.82, 2.24) is 5.32 Å². The Labute approximate surface area is 101 Å². The van der Waals surface area contributed by atoms with Crippen molar-refractivity contribution < 1.29 is 14.3 Å². The van der Waals surface area contributed by atoms with Crippen LogP contribution in [0.2, 0.25) is 0 Å². The number of rotatable bonds is 4. The zero-order valence-corrected chi connectivity index (χ0v) is 10.5. The summed E-state index contributed by atoms with van der Waals surface area (Å²) in [6.07, 6.45) is 1.79. The van der Waals surface area contributed by atoms with Gasteiger partial charge in [0.15, 0.2) is 11.5 Å². The third-order valence-corrected chi connectivity index (χ3v) is 2.38. The lowest BCUT2D eigenvalue weighted by atomic mass is 10.1. The summed E-state index contributed by atoms with van der Waals surface area (Å²) in [6.45, 7) is 1.76. The maximum Gasteiger partial charge on any atom is 0.246 e. The van der Waals surface area contributed by atoms with Crippen LogP contribution in [0.1, 0.15) is 12.5 Å². The van der Waals surface area contributed by atoms with Gasteiger partial charge in [-0.1, -0.05) is 6.07 Å².